The largest absolute Gasteiger partial charge is 0.358 e. The van der Waals surface area contributed by atoms with Gasteiger partial charge < -0.3 is 5.32 Å². The van der Waals surface area contributed by atoms with Crippen molar-refractivity contribution in [1.29, 1.82) is 0 Å². The molecule has 94 valence electrons. The van der Waals surface area contributed by atoms with E-state index in [9.17, 15) is 4.79 Å². The van der Waals surface area contributed by atoms with Gasteiger partial charge in [-0.15, -0.1) is 0 Å². The molecule has 16 heavy (non-hydrogen) atoms. The fourth-order valence-electron chi connectivity index (χ4n) is 2.57. The highest BCUT2D eigenvalue weighted by atomic mass is 16.2. The summed E-state index contributed by atoms with van der Waals surface area (Å²) in [4.78, 5) is 14.1. The number of amides is 1. The summed E-state index contributed by atoms with van der Waals surface area (Å²) in [7, 11) is 1.71. The Morgan fingerprint density at radius 1 is 1.31 bits per heavy atom. The number of hydrogen-bond donors (Lipinski definition) is 1. The minimum Gasteiger partial charge on any atom is -0.358 e. The second-order valence-corrected chi connectivity index (χ2v) is 5.71. The highest BCUT2D eigenvalue weighted by Crippen LogP contribution is 2.28. The first-order valence-electron chi connectivity index (χ1n) is 6.36. The zero-order valence-corrected chi connectivity index (χ0v) is 11.3. The molecular formula is C13H26N2O. The first kappa shape index (κ1) is 13.5. The molecule has 1 amide bonds. The maximum Gasteiger partial charge on any atom is 0.239 e. The van der Waals surface area contributed by atoms with Gasteiger partial charge in [-0.05, 0) is 51.6 Å². The molecule has 3 nitrogen and oxygen atoms in total. The smallest absolute Gasteiger partial charge is 0.239 e. The Labute approximate surface area is 99.6 Å². The van der Waals surface area contributed by atoms with Crippen LogP contribution in [0.5, 0.6) is 0 Å². The Balaban J connectivity index is 2.56. The first-order valence-corrected chi connectivity index (χ1v) is 6.36. The predicted octanol–water partition coefficient (Wildman–Crippen LogP) is 1.88. The summed E-state index contributed by atoms with van der Waals surface area (Å²) in [5, 5.41) is 2.76. The van der Waals surface area contributed by atoms with Crippen LogP contribution >= 0.6 is 0 Å². The lowest BCUT2D eigenvalue weighted by Crippen LogP contribution is -2.56. The van der Waals surface area contributed by atoms with E-state index >= 15 is 0 Å². The van der Waals surface area contributed by atoms with Gasteiger partial charge in [0.1, 0.15) is 0 Å². The molecule has 1 aliphatic rings. The normalized spacial score (nSPS) is 20.1. The van der Waals surface area contributed by atoms with Crippen molar-refractivity contribution in [2.75, 3.05) is 20.1 Å². The van der Waals surface area contributed by atoms with Gasteiger partial charge in [-0.25, -0.2) is 0 Å². The SMILES string of the molecule is CNC(=O)C(C)(C)N1CCC(C(C)C)CC1. The molecule has 0 bridgehead atoms. The van der Waals surface area contributed by atoms with Gasteiger partial charge >= 0.3 is 0 Å². The molecule has 0 aromatic carbocycles. The maximum atomic E-state index is 11.8. The molecule has 1 N–H and O–H groups in total. The average Bonchev–Trinajstić information content (AvgIpc) is 2.28. The highest BCUT2D eigenvalue weighted by Gasteiger charge is 2.36. The van der Waals surface area contributed by atoms with Crippen LogP contribution in [0.4, 0.5) is 0 Å². The quantitative estimate of drug-likeness (QED) is 0.797. The van der Waals surface area contributed by atoms with E-state index in [-0.39, 0.29) is 11.4 Å². The van der Waals surface area contributed by atoms with Gasteiger partial charge in [0.15, 0.2) is 0 Å². The lowest BCUT2D eigenvalue weighted by molar-refractivity contribution is -0.132. The minimum absolute atomic E-state index is 0.121. The predicted molar refractivity (Wildman–Crippen MR) is 67.3 cm³/mol. The number of nitrogens with zero attached hydrogens (tertiary/aromatic N) is 1. The van der Waals surface area contributed by atoms with Crippen LogP contribution in [0.25, 0.3) is 0 Å². The Kier molecular flexibility index (Phi) is 4.36. The number of hydrogen-bond acceptors (Lipinski definition) is 2. The molecule has 0 saturated carbocycles. The molecule has 3 heteroatoms. The molecule has 0 aromatic heterocycles. The molecule has 1 saturated heterocycles. The van der Waals surface area contributed by atoms with E-state index in [0.29, 0.717) is 0 Å². The van der Waals surface area contributed by atoms with Crippen molar-refractivity contribution in [2.45, 2.75) is 46.1 Å². The standard InChI is InChI=1S/C13H26N2O/c1-10(2)11-6-8-15(9-7-11)13(3,4)12(16)14-5/h10-11H,6-9H2,1-5H3,(H,14,16). The van der Waals surface area contributed by atoms with E-state index in [2.05, 4.69) is 24.1 Å². The number of likely N-dealkylation sites (tertiary alicyclic amines) is 1. The van der Waals surface area contributed by atoms with Crippen LogP contribution in [0.3, 0.4) is 0 Å². The molecule has 1 fully saturated rings. The van der Waals surface area contributed by atoms with Crippen LogP contribution in [0.15, 0.2) is 0 Å². The number of carbonyl (C=O) groups excluding carboxylic acids is 1. The fraction of sp³-hybridized carbons (Fsp3) is 0.923. The summed E-state index contributed by atoms with van der Waals surface area (Å²) >= 11 is 0. The third kappa shape index (κ3) is 2.76. The van der Waals surface area contributed by atoms with E-state index in [4.69, 9.17) is 0 Å². The van der Waals surface area contributed by atoms with Gasteiger partial charge in [0.2, 0.25) is 5.91 Å². The second kappa shape index (κ2) is 5.17. The van der Waals surface area contributed by atoms with Crippen molar-refractivity contribution >= 4 is 5.91 Å². The molecule has 0 atom stereocenters. The summed E-state index contributed by atoms with van der Waals surface area (Å²) in [6, 6.07) is 0. The Morgan fingerprint density at radius 2 is 1.81 bits per heavy atom. The molecule has 0 aliphatic carbocycles. The number of likely N-dealkylation sites (N-methyl/N-ethyl adjacent to an activating group) is 1. The van der Waals surface area contributed by atoms with Crippen molar-refractivity contribution in [1.82, 2.24) is 10.2 Å². The maximum absolute atomic E-state index is 11.8. The van der Waals surface area contributed by atoms with Gasteiger partial charge in [0.25, 0.3) is 0 Å². The van der Waals surface area contributed by atoms with Crippen molar-refractivity contribution in [3.8, 4) is 0 Å². The van der Waals surface area contributed by atoms with E-state index in [1.54, 1.807) is 7.05 Å². The molecular weight excluding hydrogens is 200 g/mol. The van der Waals surface area contributed by atoms with Crippen molar-refractivity contribution in [3.63, 3.8) is 0 Å². The lowest BCUT2D eigenvalue weighted by atomic mass is 9.85. The van der Waals surface area contributed by atoms with Gasteiger partial charge in [-0.2, -0.15) is 0 Å². The Bertz CT molecular complexity index is 240. The van der Waals surface area contributed by atoms with Crippen LogP contribution < -0.4 is 5.32 Å². The molecule has 0 unspecified atom stereocenters. The molecule has 0 aromatic rings. The summed E-state index contributed by atoms with van der Waals surface area (Å²) in [5.74, 6) is 1.72. The van der Waals surface area contributed by atoms with E-state index in [0.717, 1.165) is 24.9 Å². The van der Waals surface area contributed by atoms with Crippen molar-refractivity contribution in [2.24, 2.45) is 11.8 Å². The number of nitrogens with one attached hydrogen (secondary N) is 1. The third-order valence-electron chi connectivity index (χ3n) is 4.06. The summed E-state index contributed by atoms with van der Waals surface area (Å²) < 4.78 is 0. The summed E-state index contributed by atoms with van der Waals surface area (Å²) in [6.45, 7) is 10.7. The van der Waals surface area contributed by atoms with Crippen LogP contribution in [0.1, 0.15) is 40.5 Å². The Morgan fingerprint density at radius 3 is 2.19 bits per heavy atom. The first-order chi connectivity index (χ1) is 7.39. The van der Waals surface area contributed by atoms with Gasteiger partial charge in [0.05, 0.1) is 5.54 Å². The van der Waals surface area contributed by atoms with Gasteiger partial charge in [0, 0.05) is 7.05 Å². The molecule has 1 heterocycles. The van der Waals surface area contributed by atoms with Crippen LogP contribution in [-0.2, 0) is 4.79 Å². The highest BCUT2D eigenvalue weighted by molar-refractivity contribution is 5.85. The van der Waals surface area contributed by atoms with Gasteiger partial charge in [-0.1, -0.05) is 13.8 Å². The third-order valence-corrected chi connectivity index (χ3v) is 4.06. The minimum atomic E-state index is -0.364. The van der Waals surface area contributed by atoms with E-state index in [1.807, 2.05) is 13.8 Å². The zero-order chi connectivity index (χ0) is 12.3. The molecule has 0 spiro atoms. The van der Waals surface area contributed by atoms with Crippen LogP contribution in [0.2, 0.25) is 0 Å². The van der Waals surface area contributed by atoms with E-state index in [1.165, 1.54) is 12.8 Å². The molecule has 1 rings (SSSR count). The van der Waals surface area contributed by atoms with Crippen LogP contribution in [0, 0.1) is 11.8 Å². The number of piperidine rings is 1. The van der Waals surface area contributed by atoms with E-state index < -0.39 is 0 Å². The molecule has 1 aliphatic heterocycles. The monoisotopic (exact) mass is 226 g/mol. The second-order valence-electron chi connectivity index (χ2n) is 5.71. The summed E-state index contributed by atoms with van der Waals surface area (Å²) in [6.07, 6.45) is 2.44. The fourth-order valence-corrected chi connectivity index (χ4v) is 2.57. The van der Waals surface area contributed by atoms with Crippen molar-refractivity contribution in [3.05, 3.63) is 0 Å². The number of rotatable bonds is 3. The lowest BCUT2D eigenvalue weighted by Gasteiger charge is -2.42. The van der Waals surface area contributed by atoms with Gasteiger partial charge in [-0.3, -0.25) is 9.69 Å². The molecule has 0 radical (unpaired) electrons. The summed E-state index contributed by atoms with van der Waals surface area (Å²) in [5.41, 5.74) is -0.364. The van der Waals surface area contributed by atoms with Crippen LogP contribution in [-0.4, -0.2) is 36.5 Å². The number of carbonyl (C=O) groups is 1. The Hall–Kier alpha value is -0.570. The average molecular weight is 226 g/mol. The van der Waals surface area contributed by atoms with Crippen molar-refractivity contribution < 1.29 is 4.79 Å². The zero-order valence-electron chi connectivity index (χ0n) is 11.3. The topological polar surface area (TPSA) is 32.3 Å².